The van der Waals surface area contributed by atoms with Gasteiger partial charge in [0.2, 0.25) is 0 Å². The van der Waals surface area contributed by atoms with Crippen molar-refractivity contribution < 1.29 is 0 Å². The number of thiophene rings is 1. The Hall–Kier alpha value is -0.0500. The fourth-order valence-corrected chi connectivity index (χ4v) is 1.86. The van der Waals surface area contributed by atoms with Crippen LogP contribution in [0.3, 0.4) is 0 Å². The molecule has 14 heavy (non-hydrogen) atoms. The van der Waals surface area contributed by atoms with E-state index in [9.17, 15) is 0 Å². The summed E-state index contributed by atoms with van der Waals surface area (Å²) in [5, 5.41) is 3.55. The molecule has 1 heterocycles. The highest BCUT2D eigenvalue weighted by molar-refractivity contribution is 7.11. The third kappa shape index (κ3) is 4.45. The number of nitrogens with one attached hydrogen (secondary N) is 1. The molecule has 0 aliphatic heterocycles. The highest BCUT2D eigenvalue weighted by Gasteiger charge is 2.13. The summed E-state index contributed by atoms with van der Waals surface area (Å²) in [6.07, 6.45) is 1.16. The van der Waals surface area contributed by atoms with Crippen LogP contribution in [0.4, 0.5) is 0 Å². The Balaban J connectivity index is 0.00000169. The lowest BCUT2D eigenvalue weighted by Crippen LogP contribution is -2.37. The average molecular weight is 234 g/mol. The standard InChI is InChI=1S/C11H19NS.ClH/c1-5-11(3,4)12-8-10-7-6-9(2)13-10;/h6-7,12H,5,8H2,1-4H3;1H. The van der Waals surface area contributed by atoms with Gasteiger partial charge in [-0.1, -0.05) is 6.92 Å². The molecule has 0 unspecified atom stereocenters. The first-order valence-electron chi connectivity index (χ1n) is 4.84. The Bertz CT molecular complexity index is 268. The molecule has 0 aromatic carbocycles. The van der Waals surface area contributed by atoms with Crippen LogP contribution in [-0.4, -0.2) is 5.54 Å². The van der Waals surface area contributed by atoms with E-state index in [0.29, 0.717) is 0 Å². The Morgan fingerprint density at radius 2 is 2.00 bits per heavy atom. The van der Waals surface area contributed by atoms with Crippen molar-refractivity contribution in [3.63, 3.8) is 0 Å². The van der Waals surface area contributed by atoms with E-state index in [0.717, 1.165) is 13.0 Å². The van der Waals surface area contributed by atoms with Gasteiger partial charge in [-0.2, -0.15) is 0 Å². The third-order valence-corrected chi connectivity index (χ3v) is 3.42. The van der Waals surface area contributed by atoms with Crippen molar-refractivity contribution in [3.8, 4) is 0 Å². The summed E-state index contributed by atoms with van der Waals surface area (Å²) >= 11 is 1.88. The van der Waals surface area contributed by atoms with Gasteiger partial charge >= 0.3 is 0 Å². The average Bonchev–Trinajstić information content (AvgIpc) is 2.48. The maximum atomic E-state index is 3.55. The van der Waals surface area contributed by atoms with Crippen LogP contribution in [0.1, 0.15) is 36.9 Å². The second-order valence-electron chi connectivity index (χ2n) is 4.10. The second-order valence-corrected chi connectivity index (χ2v) is 5.48. The summed E-state index contributed by atoms with van der Waals surface area (Å²) in [4.78, 5) is 2.82. The number of hydrogen-bond donors (Lipinski definition) is 1. The first kappa shape index (κ1) is 13.9. The zero-order chi connectivity index (χ0) is 9.90. The Morgan fingerprint density at radius 3 is 2.43 bits per heavy atom. The van der Waals surface area contributed by atoms with Crippen molar-refractivity contribution >= 4 is 23.7 Å². The number of aryl methyl sites for hydroxylation is 1. The number of rotatable bonds is 4. The van der Waals surface area contributed by atoms with Crippen LogP contribution in [0.5, 0.6) is 0 Å². The molecular formula is C11H20ClNS. The highest BCUT2D eigenvalue weighted by Crippen LogP contribution is 2.16. The van der Waals surface area contributed by atoms with Gasteiger partial charge < -0.3 is 5.32 Å². The lowest BCUT2D eigenvalue weighted by atomic mass is 10.0. The lowest BCUT2D eigenvalue weighted by molar-refractivity contribution is 0.376. The number of hydrogen-bond acceptors (Lipinski definition) is 2. The van der Waals surface area contributed by atoms with Crippen molar-refractivity contribution in [1.82, 2.24) is 5.32 Å². The van der Waals surface area contributed by atoms with Crippen molar-refractivity contribution in [2.75, 3.05) is 0 Å². The molecular weight excluding hydrogens is 214 g/mol. The van der Waals surface area contributed by atoms with Gasteiger partial charge in [0.25, 0.3) is 0 Å². The molecule has 1 N–H and O–H groups in total. The SMILES string of the molecule is CCC(C)(C)NCc1ccc(C)s1.Cl. The van der Waals surface area contributed by atoms with Gasteiger partial charge in [-0.25, -0.2) is 0 Å². The number of halogens is 1. The van der Waals surface area contributed by atoms with Crippen LogP contribution < -0.4 is 5.32 Å². The van der Waals surface area contributed by atoms with Crippen LogP contribution in [0.15, 0.2) is 12.1 Å². The molecule has 0 bridgehead atoms. The quantitative estimate of drug-likeness (QED) is 0.835. The zero-order valence-corrected chi connectivity index (χ0v) is 11.0. The van der Waals surface area contributed by atoms with Crippen LogP contribution in [-0.2, 0) is 6.54 Å². The molecule has 0 saturated carbocycles. The summed E-state index contributed by atoms with van der Waals surface area (Å²) in [7, 11) is 0. The first-order valence-corrected chi connectivity index (χ1v) is 5.65. The van der Waals surface area contributed by atoms with E-state index in [-0.39, 0.29) is 17.9 Å². The summed E-state index contributed by atoms with van der Waals surface area (Å²) < 4.78 is 0. The Labute approximate surface area is 97.3 Å². The minimum atomic E-state index is 0. The third-order valence-electron chi connectivity index (χ3n) is 2.42. The second kappa shape index (κ2) is 5.74. The van der Waals surface area contributed by atoms with Gasteiger partial charge in [0.1, 0.15) is 0 Å². The normalized spacial score (nSPS) is 11.1. The summed E-state index contributed by atoms with van der Waals surface area (Å²) in [5.41, 5.74) is 0.262. The van der Waals surface area contributed by atoms with Gasteiger partial charge in [0.05, 0.1) is 0 Å². The molecule has 0 amide bonds. The molecule has 1 aromatic heterocycles. The predicted octanol–water partition coefficient (Wildman–Crippen LogP) is 3.76. The van der Waals surface area contributed by atoms with Crippen molar-refractivity contribution in [2.45, 2.75) is 46.2 Å². The van der Waals surface area contributed by atoms with Gasteiger partial charge in [-0.05, 0) is 39.3 Å². The van der Waals surface area contributed by atoms with E-state index in [1.54, 1.807) is 0 Å². The van der Waals surface area contributed by atoms with E-state index >= 15 is 0 Å². The van der Waals surface area contributed by atoms with Crippen molar-refractivity contribution in [3.05, 3.63) is 21.9 Å². The monoisotopic (exact) mass is 233 g/mol. The molecule has 1 aromatic rings. The molecule has 1 nitrogen and oxygen atoms in total. The van der Waals surface area contributed by atoms with Crippen molar-refractivity contribution in [2.24, 2.45) is 0 Å². The van der Waals surface area contributed by atoms with Crippen LogP contribution >= 0.6 is 23.7 Å². The van der Waals surface area contributed by atoms with Crippen LogP contribution in [0.25, 0.3) is 0 Å². The largest absolute Gasteiger partial charge is 0.307 e. The van der Waals surface area contributed by atoms with E-state index in [1.807, 2.05) is 11.3 Å². The molecule has 0 fully saturated rings. The molecule has 0 spiro atoms. The summed E-state index contributed by atoms with van der Waals surface area (Å²) in [6.45, 7) is 9.85. The molecule has 1 rings (SSSR count). The first-order chi connectivity index (χ1) is 6.03. The van der Waals surface area contributed by atoms with E-state index < -0.39 is 0 Å². The van der Waals surface area contributed by atoms with Gasteiger partial charge in [0, 0.05) is 21.8 Å². The Morgan fingerprint density at radius 1 is 1.36 bits per heavy atom. The molecule has 3 heteroatoms. The van der Waals surface area contributed by atoms with E-state index in [4.69, 9.17) is 0 Å². The van der Waals surface area contributed by atoms with Gasteiger partial charge in [-0.15, -0.1) is 23.7 Å². The van der Waals surface area contributed by atoms with Crippen LogP contribution in [0, 0.1) is 6.92 Å². The Kier molecular flexibility index (Phi) is 5.72. The summed E-state index contributed by atoms with van der Waals surface area (Å²) in [5.74, 6) is 0. The lowest BCUT2D eigenvalue weighted by Gasteiger charge is -2.24. The minimum absolute atomic E-state index is 0. The summed E-state index contributed by atoms with van der Waals surface area (Å²) in [6, 6.07) is 4.39. The fraction of sp³-hybridized carbons (Fsp3) is 0.636. The van der Waals surface area contributed by atoms with Crippen LogP contribution in [0.2, 0.25) is 0 Å². The minimum Gasteiger partial charge on any atom is -0.307 e. The molecule has 0 radical (unpaired) electrons. The highest BCUT2D eigenvalue weighted by atomic mass is 35.5. The van der Waals surface area contributed by atoms with Gasteiger partial charge in [-0.3, -0.25) is 0 Å². The van der Waals surface area contributed by atoms with Crippen molar-refractivity contribution in [1.29, 1.82) is 0 Å². The predicted molar refractivity (Wildman–Crippen MR) is 67.5 cm³/mol. The van der Waals surface area contributed by atoms with E-state index in [1.165, 1.54) is 9.75 Å². The maximum absolute atomic E-state index is 3.55. The molecule has 0 atom stereocenters. The van der Waals surface area contributed by atoms with E-state index in [2.05, 4.69) is 45.1 Å². The maximum Gasteiger partial charge on any atom is 0.0304 e. The fourth-order valence-electron chi connectivity index (χ4n) is 1.03. The molecule has 0 aliphatic carbocycles. The van der Waals surface area contributed by atoms with Gasteiger partial charge in [0.15, 0.2) is 0 Å². The smallest absolute Gasteiger partial charge is 0.0304 e. The topological polar surface area (TPSA) is 12.0 Å². The molecule has 0 aliphatic rings. The molecule has 0 saturated heterocycles. The molecule has 82 valence electrons. The zero-order valence-electron chi connectivity index (χ0n) is 9.39.